The van der Waals surface area contributed by atoms with E-state index in [2.05, 4.69) is 0 Å². The number of carbonyl (C=O) groups is 2. The molecule has 0 bridgehead atoms. The van der Waals surface area contributed by atoms with Crippen LogP contribution >= 0.6 is 0 Å². The molecule has 0 unspecified atom stereocenters. The van der Waals surface area contributed by atoms with Crippen molar-refractivity contribution in [2.75, 3.05) is 19.7 Å². The van der Waals surface area contributed by atoms with Gasteiger partial charge in [-0.3, -0.25) is 9.59 Å². The number of esters is 1. The minimum absolute atomic E-state index is 0.0767. The number of hydrogen-bond acceptors (Lipinski definition) is 4. The molecule has 0 radical (unpaired) electrons. The quantitative estimate of drug-likeness (QED) is 0.745. The first-order chi connectivity index (χ1) is 9.65. The fourth-order valence-corrected chi connectivity index (χ4v) is 3.00. The summed E-state index contributed by atoms with van der Waals surface area (Å²) in [5.74, 6) is 0.505. The standard InChI is InChI=1S/C15H26N2O3/c1-2-20-14(18)10-17(13-7-8-13)15(19)12-5-3-11(9-16)4-6-12/h11-13H,2-10,16H2,1H3. The zero-order valence-electron chi connectivity index (χ0n) is 12.3. The molecule has 0 aromatic rings. The first-order valence-corrected chi connectivity index (χ1v) is 7.81. The van der Waals surface area contributed by atoms with E-state index >= 15 is 0 Å². The Balaban J connectivity index is 1.89. The van der Waals surface area contributed by atoms with Crippen LogP contribution in [0.3, 0.4) is 0 Å². The average Bonchev–Trinajstić information content (AvgIpc) is 3.29. The van der Waals surface area contributed by atoms with Gasteiger partial charge in [-0.15, -0.1) is 0 Å². The summed E-state index contributed by atoms with van der Waals surface area (Å²) in [5.41, 5.74) is 5.69. The predicted octanol–water partition coefficient (Wildman–Crippen LogP) is 1.31. The molecule has 2 rings (SSSR count). The van der Waals surface area contributed by atoms with E-state index in [0.29, 0.717) is 12.5 Å². The van der Waals surface area contributed by atoms with Crippen LogP contribution in [0.15, 0.2) is 0 Å². The molecule has 1 amide bonds. The molecule has 0 aromatic heterocycles. The highest BCUT2D eigenvalue weighted by Crippen LogP contribution is 2.33. The molecule has 0 aliphatic heterocycles. The minimum atomic E-state index is -0.289. The van der Waals surface area contributed by atoms with Crippen LogP contribution in [0.25, 0.3) is 0 Å². The molecule has 2 aliphatic rings. The number of rotatable bonds is 6. The Kier molecular flexibility index (Phi) is 5.40. The summed E-state index contributed by atoms with van der Waals surface area (Å²) in [6, 6.07) is 0.263. The smallest absolute Gasteiger partial charge is 0.325 e. The van der Waals surface area contributed by atoms with Crippen LogP contribution in [0.4, 0.5) is 0 Å². The van der Waals surface area contributed by atoms with E-state index in [0.717, 1.165) is 45.1 Å². The maximum Gasteiger partial charge on any atom is 0.325 e. The zero-order chi connectivity index (χ0) is 14.5. The molecule has 114 valence electrons. The Morgan fingerprint density at radius 1 is 1.15 bits per heavy atom. The highest BCUT2D eigenvalue weighted by atomic mass is 16.5. The van der Waals surface area contributed by atoms with Gasteiger partial charge in [0.05, 0.1) is 6.61 Å². The van der Waals surface area contributed by atoms with E-state index in [9.17, 15) is 9.59 Å². The largest absolute Gasteiger partial charge is 0.465 e. The SMILES string of the molecule is CCOC(=O)CN(C(=O)C1CCC(CN)CC1)C1CC1. The number of carbonyl (C=O) groups excluding carboxylic acids is 2. The van der Waals surface area contributed by atoms with Crippen molar-refractivity contribution in [1.82, 2.24) is 4.90 Å². The lowest BCUT2D eigenvalue weighted by atomic mass is 9.81. The van der Waals surface area contributed by atoms with E-state index in [-0.39, 0.29) is 30.4 Å². The number of amides is 1. The summed E-state index contributed by atoms with van der Waals surface area (Å²) in [4.78, 5) is 26.0. The lowest BCUT2D eigenvalue weighted by Crippen LogP contribution is -2.43. The third-order valence-corrected chi connectivity index (χ3v) is 4.40. The van der Waals surface area contributed by atoms with Crippen molar-refractivity contribution >= 4 is 11.9 Å². The summed E-state index contributed by atoms with van der Waals surface area (Å²) in [7, 11) is 0. The van der Waals surface area contributed by atoms with Crippen LogP contribution in [0.2, 0.25) is 0 Å². The third kappa shape index (κ3) is 3.95. The molecule has 0 heterocycles. The molecule has 2 fully saturated rings. The second-order valence-electron chi connectivity index (χ2n) is 5.96. The molecule has 0 atom stereocenters. The van der Waals surface area contributed by atoms with Crippen LogP contribution in [-0.2, 0) is 14.3 Å². The molecule has 2 saturated carbocycles. The highest BCUT2D eigenvalue weighted by molar-refractivity contribution is 5.84. The van der Waals surface area contributed by atoms with E-state index in [1.165, 1.54) is 0 Å². The van der Waals surface area contributed by atoms with Gasteiger partial charge in [0.2, 0.25) is 5.91 Å². The van der Waals surface area contributed by atoms with Crippen molar-refractivity contribution in [2.24, 2.45) is 17.6 Å². The Bertz CT molecular complexity index is 347. The first kappa shape index (κ1) is 15.3. The van der Waals surface area contributed by atoms with Crippen LogP contribution in [0.5, 0.6) is 0 Å². The first-order valence-electron chi connectivity index (χ1n) is 7.81. The number of nitrogens with two attached hydrogens (primary N) is 1. The maximum absolute atomic E-state index is 12.6. The average molecular weight is 282 g/mol. The zero-order valence-corrected chi connectivity index (χ0v) is 12.3. The van der Waals surface area contributed by atoms with Crippen molar-refractivity contribution in [3.63, 3.8) is 0 Å². The fraction of sp³-hybridized carbons (Fsp3) is 0.867. The van der Waals surface area contributed by atoms with Gasteiger partial charge >= 0.3 is 5.97 Å². The second-order valence-corrected chi connectivity index (χ2v) is 5.96. The van der Waals surface area contributed by atoms with Gasteiger partial charge in [0.25, 0.3) is 0 Å². The van der Waals surface area contributed by atoms with Gasteiger partial charge in [-0.2, -0.15) is 0 Å². The molecular weight excluding hydrogens is 256 g/mol. The van der Waals surface area contributed by atoms with Gasteiger partial charge in [-0.05, 0) is 57.9 Å². The van der Waals surface area contributed by atoms with Gasteiger partial charge in [-0.25, -0.2) is 0 Å². The Morgan fingerprint density at radius 2 is 1.80 bits per heavy atom. The van der Waals surface area contributed by atoms with Crippen molar-refractivity contribution in [3.05, 3.63) is 0 Å². The van der Waals surface area contributed by atoms with Crippen LogP contribution in [0, 0.1) is 11.8 Å². The van der Waals surface area contributed by atoms with E-state index in [4.69, 9.17) is 10.5 Å². The van der Waals surface area contributed by atoms with E-state index < -0.39 is 0 Å². The van der Waals surface area contributed by atoms with Crippen molar-refractivity contribution in [3.8, 4) is 0 Å². The number of ether oxygens (including phenoxy) is 1. The van der Waals surface area contributed by atoms with Gasteiger partial charge in [0.1, 0.15) is 6.54 Å². The van der Waals surface area contributed by atoms with Crippen LogP contribution < -0.4 is 5.73 Å². The van der Waals surface area contributed by atoms with Crippen LogP contribution in [-0.4, -0.2) is 42.5 Å². The maximum atomic E-state index is 12.6. The summed E-state index contributed by atoms with van der Waals surface area (Å²) >= 11 is 0. The Morgan fingerprint density at radius 3 is 2.30 bits per heavy atom. The minimum Gasteiger partial charge on any atom is -0.465 e. The summed E-state index contributed by atoms with van der Waals surface area (Å²) < 4.78 is 4.97. The van der Waals surface area contributed by atoms with Crippen LogP contribution in [0.1, 0.15) is 45.4 Å². The molecule has 2 N–H and O–H groups in total. The summed E-state index contributed by atoms with van der Waals surface area (Å²) in [6.07, 6.45) is 5.92. The lowest BCUT2D eigenvalue weighted by molar-refractivity contribution is -0.151. The lowest BCUT2D eigenvalue weighted by Gasteiger charge is -2.31. The van der Waals surface area contributed by atoms with Gasteiger partial charge < -0.3 is 15.4 Å². The number of hydrogen-bond donors (Lipinski definition) is 1. The fourth-order valence-electron chi connectivity index (χ4n) is 3.00. The summed E-state index contributed by atoms with van der Waals surface area (Å²) in [5, 5.41) is 0. The Labute approximate surface area is 120 Å². The second kappa shape index (κ2) is 7.07. The van der Waals surface area contributed by atoms with E-state index in [1.807, 2.05) is 0 Å². The molecule has 5 heteroatoms. The van der Waals surface area contributed by atoms with Crippen molar-refractivity contribution < 1.29 is 14.3 Å². The normalized spacial score (nSPS) is 26.1. The molecule has 5 nitrogen and oxygen atoms in total. The van der Waals surface area contributed by atoms with E-state index in [1.54, 1.807) is 11.8 Å². The number of nitrogens with zero attached hydrogens (tertiary/aromatic N) is 1. The third-order valence-electron chi connectivity index (χ3n) is 4.40. The monoisotopic (exact) mass is 282 g/mol. The van der Waals surface area contributed by atoms with Gasteiger partial charge in [-0.1, -0.05) is 0 Å². The topological polar surface area (TPSA) is 72.6 Å². The van der Waals surface area contributed by atoms with Crippen molar-refractivity contribution in [1.29, 1.82) is 0 Å². The summed E-state index contributed by atoms with van der Waals surface area (Å²) in [6.45, 7) is 2.99. The molecule has 0 spiro atoms. The van der Waals surface area contributed by atoms with Crippen molar-refractivity contribution in [2.45, 2.75) is 51.5 Å². The Hall–Kier alpha value is -1.10. The molecule has 0 aromatic carbocycles. The molecule has 2 aliphatic carbocycles. The highest BCUT2D eigenvalue weighted by Gasteiger charge is 2.38. The van der Waals surface area contributed by atoms with Gasteiger partial charge in [0.15, 0.2) is 0 Å². The molecule has 0 saturated heterocycles. The molecular formula is C15H26N2O3. The predicted molar refractivity (Wildman–Crippen MR) is 75.9 cm³/mol. The van der Waals surface area contributed by atoms with Gasteiger partial charge in [0, 0.05) is 12.0 Å². The molecule has 20 heavy (non-hydrogen) atoms.